The van der Waals surface area contributed by atoms with Gasteiger partial charge in [0.15, 0.2) is 0 Å². The summed E-state index contributed by atoms with van der Waals surface area (Å²) >= 11 is 3.43. The van der Waals surface area contributed by atoms with E-state index in [1.54, 1.807) is 0 Å². The number of likely N-dealkylation sites (N-methyl/N-ethyl adjacent to an activating group) is 1. The van der Waals surface area contributed by atoms with Crippen molar-refractivity contribution in [3.63, 3.8) is 0 Å². The zero-order valence-electron chi connectivity index (χ0n) is 11.3. The van der Waals surface area contributed by atoms with E-state index in [2.05, 4.69) is 21.2 Å². The highest BCUT2D eigenvalue weighted by atomic mass is 79.9. The smallest absolute Gasteiger partial charge is 0.254 e. The van der Waals surface area contributed by atoms with E-state index in [9.17, 15) is 4.79 Å². The molecular formula is C14H20BrClN2O. The first kappa shape index (κ1) is 16.5. The summed E-state index contributed by atoms with van der Waals surface area (Å²) in [5.41, 5.74) is 1.84. The van der Waals surface area contributed by atoms with Crippen molar-refractivity contribution in [2.75, 3.05) is 20.1 Å². The van der Waals surface area contributed by atoms with E-state index in [1.807, 2.05) is 37.1 Å². The van der Waals surface area contributed by atoms with Crippen molar-refractivity contribution >= 4 is 34.2 Å². The summed E-state index contributed by atoms with van der Waals surface area (Å²) in [5, 5.41) is 3.26. The number of halogens is 2. The summed E-state index contributed by atoms with van der Waals surface area (Å²) in [6.07, 6.45) is 2.22. The number of benzene rings is 1. The maximum Gasteiger partial charge on any atom is 0.254 e. The maximum absolute atomic E-state index is 12.5. The summed E-state index contributed by atoms with van der Waals surface area (Å²) in [5.74, 6) is 0.147. The first-order chi connectivity index (χ1) is 8.61. The van der Waals surface area contributed by atoms with Crippen LogP contribution in [0.4, 0.5) is 0 Å². The molecule has 0 aromatic heterocycles. The van der Waals surface area contributed by atoms with E-state index in [0.29, 0.717) is 6.04 Å². The highest BCUT2D eigenvalue weighted by Crippen LogP contribution is 2.20. The Bertz CT molecular complexity index is 453. The van der Waals surface area contributed by atoms with Crippen molar-refractivity contribution in [3.05, 3.63) is 33.8 Å². The molecule has 0 saturated carbocycles. The van der Waals surface area contributed by atoms with E-state index in [0.717, 1.165) is 41.5 Å². The summed E-state index contributed by atoms with van der Waals surface area (Å²) in [4.78, 5) is 14.5. The van der Waals surface area contributed by atoms with Crippen LogP contribution in [-0.4, -0.2) is 37.0 Å². The highest BCUT2D eigenvalue weighted by Gasteiger charge is 2.24. The molecule has 1 aliphatic heterocycles. The molecule has 0 aliphatic carbocycles. The van der Waals surface area contributed by atoms with Crippen LogP contribution < -0.4 is 5.32 Å². The van der Waals surface area contributed by atoms with Crippen LogP contribution in [0.1, 0.15) is 28.8 Å². The van der Waals surface area contributed by atoms with Crippen molar-refractivity contribution < 1.29 is 4.79 Å². The molecule has 5 heteroatoms. The third-order valence-electron chi connectivity index (χ3n) is 3.55. The lowest BCUT2D eigenvalue weighted by Gasteiger charge is -2.33. The number of rotatable bonds is 2. The van der Waals surface area contributed by atoms with E-state index >= 15 is 0 Å². The summed E-state index contributed by atoms with van der Waals surface area (Å²) in [6, 6.07) is 6.30. The zero-order chi connectivity index (χ0) is 13.1. The molecule has 2 rings (SSSR count). The van der Waals surface area contributed by atoms with Gasteiger partial charge in [0.2, 0.25) is 0 Å². The topological polar surface area (TPSA) is 32.3 Å². The molecule has 0 radical (unpaired) electrons. The van der Waals surface area contributed by atoms with Gasteiger partial charge in [0, 0.05) is 29.2 Å². The molecular weight excluding hydrogens is 328 g/mol. The molecule has 1 aromatic rings. The van der Waals surface area contributed by atoms with Gasteiger partial charge in [0.05, 0.1) is 0 Å². The molecule has 1 saturated heterocycles. The first-order valence-corrected chi connectivity index (χ1v) is 7.14. The van der Waals surface area contributed by atoms with Gasteiger partial charge >= 0.3 is 0 Å². The van der Waals surface area contributed by atoms with Crippen LogP contribution in [0, 0.1) is 6.92 Å². The molecule has 0 spiro atoms. The number of hydrogen-bond donors (Lipinski definition) is 1. The zero-order valence-corrected chi connectivity index (χ0v) is 13.7. The second-order valence-electron chi connectivity index (χ2n) is 4.84. The van der Waals surface area contributed by atoms with Crippen molar-refractivity contribution in [1.82, 2.24) is 10.2 Å². The largest absolute Gasteiger partial charge is 0.337 e. The third kappa shape index (κ3) is 3.94. The maximum atomic E-state index is 12.5. The number of likely N-dealkylation sites (tertiary alicyclic amines) is 1. The van der Waals surface area contributed by atoms with Crippen LogP contribution in [0.2, 0.25) is 0 Å². The number of nitrogens with zero attached hydrogens (tertiary/aromatic N) is 1. The van der Waals surface area contributed by atoms with Crippen LogP contribution in [0.5, 0.6) is 0 Å². The van der Waals surface area contributed by atoms with Crippen LogP contribution in [0.25, 0.3) is 0 Å². The number of carbonyl (C=O) groups excluding carboxylic acids is 1. The molecule has 1 atom stereocenters. The summed E-state index contributed by atoms with van der Waals surface area (Å²) in [7, 11) is 1.96. The van der Waals surface area contributed by atoms with Gasteiger partial charge in [-0.2, -0.15) is 0 Å². The van der Waals surface area contributed by atoms with Crippen molar-refractivity contribution in [2.45, 2.75) is 25.8 Å². The predicted molar refractivity (Wildman–Crippen MR) is 84.1 cm³/mol. The van der Waals surface area contributed by atoms with E-state index in [-0.39, 0.29) is 18.3 Å². The van der Waals surface area contributed by atoms with Gasteiger partial charge in [-0.05, 0) is 44.5 Å². The lowest BCUT2D eigenvalue weighted by Crippen LogP contribution is -2.47. The Morgan fingerprint density at radius 1 is 1.47 bits per heavy atom. The van der Waals surface area contributed by atoms with Gasteiger partial charge in [-0.1, -0.05) is 22.0 Å². The van der Waals surface area contributed by atoms with Gasteiger partial charge in [0.1, 0.15) is 0 Å². The lowest BCUT2D eigenvalue weighted by molar-refractivity contribution is 0.0697. The number of carbonyl (C=O) groups is 1. The number of amides is 1. The van der Waals surface area contributed by atoms with Crippen LogP contribution in [0.3, 0.4) is 0 Å². The molecule has 1 aliphatic rings. The molecule has 1 amide bonds. The molecule has 1 unspecified atom stereocenters. The minimum atomic E-state index is 0. The Morgan fingerprint density at radius 3 is 2.89 bits per heavy atom. The molecule has 19 heavy (non-hydrogen) atoms. The van der Waals surface area contributed by atoms with Crippen molar-refractivity contribution in [3.8, 4) is 0 Å². The molecule has 1 heterocycles. The fourth-order valence-corrected chi connectivity index (χ4v) is 2.75. The Balaban J connectivity index is 0.00000180. The van der Waals surface area contributed by atoms with Crippen LogP contribution in [-0.2, 0) is 0 Å². The average molecular weight is 348 g/mol. The molecule has 0 bridgehead atoms. The number of nitrogens with one attached hydrogen (secondary N) is 1. The number of piperidine rings is 1. The second kappa shape index (κ2) is 7.27. The standard InChI is InChI=1S/C14H19BrN2O.ClH/c1-10-5-6-11(15)8-13(10)14(18)17-7-3-4-12(9-17)16-2;/h5-6,8,12,16H,3-4,7,9H2,1-2H3;1H. The molecule has 3 nitrogen and oxygen atoms in total. The minimum absolute atomic E-state index is 0. The Hall–Kier alpha value is -0.580. The van der Waals surface area contributed by atoms with Gasteiger partial charge in [-0.3, -0.25) is 4.79 Å². The molecule has 106 valence electrons. The number of hydrogen-bond acceptors (Lipinski definition) is 2. The van der Waals surface area contributed by atoms with Gasteiger partial charge < -0.3 is 10.2 Å². The average Bonchev–Trinajstić information content (AvgIpc) is 2.41. The van der Waals surface area contributed by atoms with Gasteiger partial charge in [0.25, 0.3) is 5.91 Å². The molecule has 1 aromatic carbocycles. The number of aryl methyl sites for hydroxylation is 1. The quantitative estimate of drug-likeness (QED) is 0.892. The third-order valence-corrected chi connectivity index (χ3v) is 4.04. The van der Waals surface area contributed by atoms with E-state index in [1.165, 1.54) is 0 Å². The Labute approximate surface area is 129 Å². The fourth-order valence-electron chi connectivity index (χ4n) is 2.39. The fraction of sp³-hybridized carbons (Fsp3) is 0.500. The van der Waals surface area contributed by atoms with Crippen molar-refractivity contribution in [2.24, 2.45) is 0 Å². The van der Waals surface area contributed by atoms with Crippen LogP contribution in [0.15, 0.2) is 22.7 Å². The summed E-state index contributed by atoms with van der Waals surface area (Å²) < 4.78 is 0.957. The molecule has 1 N–H and O–H groups in total. The normalized spacial score (nSPS) is 18.9. The monoisotopic (exact) mass is 346 g/mol. The van der Waals surface area contributed by atoms with E-state index < -0.39 is 0 Å². The minimum Gasteiger partial charge on any atom is -0.337 e. The van der Waals surface area contributed by atoms with Crippen molar-refractivity contribution in [1.29, 1.82) is 0 Å². The first-order valence-electron chi connectivity index (χ1n) is 6.34. The van der Waals surface area contributed by atoms with E-state index in [4.69, 9.17) is 0 Å². The predicted octanol–water partition coefficient (Wildman–Crippen LogP) is 3.00. The SMILES string of the molecule is CNC1CCCN(C(=O)c2cc(Br)ccc2C)C1.Cl. The van der Waals surface area contributed by atoms with Crippen LogP contribution >= 0.6 is 28.3 Å². The Kier molecular flexibility index (Phi) is 6.30. The second-order valence-corrected chi connectivity index (χ2v) is 5.75. The van der Waals surface area contributed by atoms with Gasteiger partial charge in [-0.25, -0.2) is 0 Å². The lowest BCUT2D eigenvalue weighted by atomic mass is 10.0. The van der Waals surface area contributed by atoms with Gasteiger partial charge in [-0.15, -0.1) is 12.4 Å². The Morgan fingerprint density at radius 2 is 2.21 bits per heavy atom. The highest BCUT2D eigenvalue weighted by molar-refractivity contribution is 9.10. The summed E-state index contributed by atoms with van der Waals surface area (Å²) in [6.45, 7) is 3.66. The molecule has 1 fully saturated rings.